The second-order valence-electron chi connectivity index (χ2n) is 5.08. The lowest BCUT2D eigenvalue weighted by Crippen LogP contribution is -2.07. The van der Waals surface area contributed by atoms with Crippen molar-refractivity contribution in [3.05, 3.63) is 73.0 Å². The van der Waals surface area contributed by atoms with E-state index in [1.807, 2.05) is 43.3 Å². The van der Waals surface area contributed by atoms with E-state index in [1.165, 1.54) is 0 Å². The van der Waals surface area contributed by atoms with Crippen molar-refractivity contribution < 1.29 is 0 Å². The SMILES string of the molecule is C=C(C#CC(=C)/C=C\C(=C)N(C)C)/C=C\C(=C)C(C)C. The summed E-state index contributed by atoms with van der Waals surface area (Å²) in [5.41, 5.74) is 3.44. The third kappa shape index (κ3) is 8.00. The Balaban J connectivity index is 4.53. The Bertz CT molecular complexity index is 468. The van der Waals surface area contributed by atoms with E-state index in [9.17, 15) is 0 Å². The second kappa shape index (κ2) is 8.82. The van der Waals surface area contributed by atoms with Crippen LogP contribution in [0.2, 0.25) is 0 Å². The van der Waals surface area contributed by atoms with E-state index >= 15 is 0 Å². The fraction of sp³-hybridized carbons (Fsp3) is 0.263. The molecule has 0 aromatic rings. The summed E-state index contributed by atoms with van der Waals surface area (Å²) < 4.78 is 0. The average molecular weight is 267 g/mol. The van der Waals surface area contributed by atoms with Gasteiger partial charge in [0.15, 0.2) is 0 Å². The molecule has 0 aliphatic rings. The minimum absolute atomic E-state index is 0.432. The Kier molecular flexibility index (Phi) is 7.85. The van der Waals surface area contributed by atoms with Gasteiger partial charge in [0.25, 0.3) is 0 Å². The molecule has 1 heteroatoms. The molecule has 0 saturated carbocycles. The lowest BCUT2D eigenvalue weighted by atomic mass is 10.0. The van der Waals surface area contributed by atoms with Crippen LogP contribution in [-0.4, -0.2) is 19.0 Å². The number of hydrogen-bond donors (Lipinski definition) is 0. The number of allylic oxidation sites excluding steroid dienone is 7. The standard InChI is InChI=1S/C19H25N/c1-15(2)18(5)13-11-16(3)9-10-17(4)12-14-19(6)20(7)8/h11-15H,3-6H2,1-2,7-8H3/b13-11-,14-12-. The van der Waals surface area contributed by atoms with Crippen molar-refractivity contribution in [3.8, 4) is 11.8 Å². The van der Waals surface area contributed by atoms with Crippen LogP contribution in [0.3, 0.4) is 0 Å². The van der Waals surface area contributed by atoms with Gasteiger partial charge in [-0.15, -0.1) is 0 Å². The van der Waals surface area contributed by atoms with Gasteiger partial charge in [-0.1, -0.05) is 63.7 Å². The number of hydrogen-bond acceptors (Lipinski definition) is 1. The van der Waals surface area contributed by atoms with Gasteiger partial charge in [-0.25, -0.2) is 0 Å². The van der Waals surface area contributed by atoms with Crippen LogP contribution < -0.4 is 0 Å². The Morgan fingerprint density at radius 3 is 1.70 bits per heavy atom. The molecule has 0 aromatic carbocycles. The van der Waals surface area contributed by atoms with Crippen molar-refractivity contribution in [2.45, 2.75) is 13.8 Å². The molecule has 1 nitrogen and oxygen atoms in total. The predicted octanol–water partition coefficient (Wildman–Crippen LogP) is 4.50. The van der Waals surface area contributed by atoms with E-state index in [2.05, 4.69) is 52.0 Å². The molecule has 0 amide bonds. The zero-order valence-electron chi connectivity index (χ0n) is 13.2. The van der Waals surface area contributed by atoms with Crippen molar-refractivity contribution in [3.63, 3.8) is 0 Å². The molecule has 0 atom stereocenters. The summed E-state index contributed by atoms with van der Waals surface area (Å²) in [5.74, 6) is 6.35. The van der Waals surface area contributed by atoms with E-state index in [4.69, 9.17) is 0 Å². The maximum Gasteiger partial charge on any atom is 0.0288 e. The first kappa shape index (κ1) is 17.8. The van der Waals surface area contributed by atoms with Crippen LogP contribution in [0, 0.1) is 17.8 Å². The highest BCUT2D eigenvalue weighted by Crippen LogP contribution is 2.09. The van der Waals surface area contributed by atoms with Crippen LogP contribution in [0.4, 0.5) is 0 Å². The van der Waals surface area contributed by atoms with Crippen LogP contribution in [0.25, 0.3) is 0 Å². The molecule has 0 spiro atoms. The number of rotatable bonds is 6. The summed E-state index contributed by atoms with van der Waals surface area (Å²) in [6.45, 7) is 19.8. The first-order valence-corrected chi connectivity index (χ1v) is 6.55. The summed E-state index contributed by atoms with van der Waals surface area (Å²) in [6.07, 6.45) is 7.56. The van der Waals surface area contributed by atoms with Crippen molar-refractivity contribution in [1.29, 1.82) is 0 Å². The Morgan fingerprint density at radius 1 is 0.850 bits per heavy atom. The summed E-state index contributed by atoms with van der Waals surface area (Å²) >= 11 is 0. The smallest absolute Gasteiger partial charge is 0.0288 e. The molecular formula is C19H25N. The molecule has 0 saturated heterocycles. The molecule has 0 heterocycles. The van der Waals surface area contributed by atoms with E-state index in [0.717, 1.165) is 22.4 Å². The summed E-state index contributed by atoms with van der Waals surface area (Å²) in [5, 5.41) is 0. The largest absolute Gasteiger partial charge is 0.378 e. The maximum absolute atomic E-state index is 3.97. The van der Waals surface area contributed by atoms with Gasteiger partial charge in [0.05, 0.1) is 0 Å². The van der Waals surface area contributed by atoms with Gasteiger partial charge in [-0.05, 0) is 24.1 Å². The molecular weight excluding hydrogens is 242 g/mol. The highest BCUT2D eigenvalue weighted by atomic mass is 15.1. The molecule has 0 radical (unpaired) electrons. The fourth-order valence-electron chi connectivity index (χ4n) is 0.990. The van der Waals surface area contributed by atoms with Crippen molar-refractivity contribution in [1.82, 2.24) is 4.90 Å². The highest BCUT2D eigenvalue weighted by Gasteiger charge is 1.94. The van der Waals surface area contributed by atoms with Gasteiger partial charge in [0, 0.05) is 30.9 Å². The van der Waals surface area contributed by atoms with Crippen LogP contribution in [0.5, 0.6) is 0 Å². The Labute approximate surface area is 124 Å². The average Bonchev–Trinajstić information content (AvgIpc) is 2.39. The van der Waals surface area contributed by atoms with Crippen molar-refractivity contribution in [2.24, 2.45) is 5.92 Å². The van der Waals surface area contributed by atoms with E-state index in [0.29, 0.717) is 5.92 Å². The Hall–Kier alpha value is -2.20. The van der Waals surface area contributed by atoms with E-state index in [-0.39, 0.29) is 0 Å². The Morgan fingerprint density at radius 2 is 1.30 bits per heavy atom. The first-order chi connectivity index (χ1) is 9.23. The minimum Gasteiger partial charge on any atom is -0.378 e. The lowest BCUT2D eigenvalue weighted by molar-refractivity contribution is 0.532. The molecule has 0 fully saturated rings. The van der Waals surface area contributed by atoms with E-state index in [1.54, 1.807) is 0 Å². The van der Waals surface area contributed by atoms with Gasteiger partial charge in [0.1, 0.15) is 0 Å². The summed E-state index contributed by atoms with van der Waals surface area (Å²) in [7, 11) is 3.88. The predicted molar refractivity (Wildman–Crippen MR) is 91.1 cm³/mol. The summed E-state index contributed by atoms with van der Waals surface area (Å²) in [4.78, 5) is 1.93. The first-order valence-electron chi connectivity index (χ1n) is 6.55. The van der Waals surface area contributed by atoms with E-state index < -0.39 is 0 Å². The molecule has 0 aliphatic carbocycles. The maximum atomic E-state index is 3.97. The monoisotopic (exact) mass is 267 g/mol. The molecule has 20 heavy (non-hydrogen) atoms. The van der Waals surface area contributed by atoms with Gasteiger partial charge in [-0.2, -0.15) is 0 Å². The van der Waals surface area contributed by atoms with Crippen molar-refractivity contribution >= 4 is 0 Å². The van der Waals surface area contributed by atoms with Crippen LogP contribution >= 0.6 is 0 Å². The van der Waals surface area contributed by atoms with Gasteiger partial charge in [0.2, 0.25) is 0 Å². The molecule has 106 valence electrons. The second-order valence-corrected chi connectivity index (χ2v) is 5.08. The zero-order valence-corrected chi connectivity index (χ0v) is 13.2. The van der Waals surface area contributed by atoms with Gasteiger partial charge in [-0.3, -0.25) is 0 Å². The lowest BCUT2D eigenvalue weighted by Gasteiger charge is -2.10. The van der Waals surface area contributed by atoms with Crippen LogP contribution in [0.1, 0.15) is 13.8 Å². The molecule has 0 bridgehead atoms. The van der Waals surface area contributed by atoms with Crippen LogP contribution in [0.15, 0.2) is 73.0 Å². The molecule has 0 N–H and O–H groups in total. The molecule has 0 unspecified atom stereocenters. The van der Waals surface area contributed by atoms with Crippen molar-refractivity contribution in [2.75, 3.05) is 14.1 Å². The number of likely N-dealkylation sites (N-methyl/N-ethyl adjacent to an activating group) is 1. The van der Waals surface area contributed by atoms with Crippen LogP contribution in [-0.2, 0) is 0 Å². The molecule has 0 aliphatic heterocycles. The minimum atomic E-state index is 0.432. The quantitative estimate of drug-likeness (QED) is 0.506. The third-order valence-corrected chi connectivity index (χ3v) is 2.68. The number of nitrogens with zero attached hydrogens (tertiary/aromatic N) is 1. The van der Waals surface area contributed by atoms with Gasteiger partial charge >= 0.3 is 0 Å². The molecule has 0 rings (SSSR count). The normalized spacial score (nSPS) is 10.4. The topological polar surface area (TPSA) is 3.24 Å². The molecule has 0 aromatic heterocycles. The fourth-order valence-corrected chi connectivity index (χ4v) is 0.990. The zero-order chi connectivity index (χ0) is 15.7. The highest BCUT2D eigenvalue weighted by molar-refractivity contribution is 5.46. The van der Waals surface area contributed by atoms with Gasteiger partial charge < -0.3 is 4.90 Å². The summed E-state index contributed by atoms with van der Waals surface area (Å²) in [6, 6.07) is 0. The third-order valence-electron chi connectivity index (χ3n) is 2.68.